The number of ether oxygens (including phenoxy) is 1. The number of carboxylic acids is 1. The molecule has 12 heavy (non-hydrogen) atoms. The van der Waals surface area contributed by atoms with Crippen molar-refractivity contribution in [2.75, 3.05) is 20.2 Å². The van der Waals surface area contributed by atoms with E-state index in [0.717, 1.165) is 6.42 Å². The van der Waals surface area contributed by atoms with Crippen molar-refractivity contribution in [1.82, 2.24) is 5.32 Å². The molecule has 0 radical (unpaired) electrons. The third-order valence-electron chi connectivity index (χ3n) is 1.73. The molecule has 0 amide bonds. The topological polar surface area (TPSA) is 58.6 Å². The predicted octanol–water partition coefficient (Wildman–Crippen LogP) is 0.476. The average molecular weight is 175 g/mol. The Balaban J connectivity index is 3.37. The summed E-state index contributed by atoms with van der Waals surface area (Å²) < 4.78 is 5.16. The quantitative estimate of drug-likeness (QED) is 0.576. The Kier molecular flexibility index (Phi) is 4.85. The first-order valence-corrected chi connectivity index (χ1v) is 3.95. The highest BCUT2D eigenvalue weighted by Crippen LogP contribution is 2.10. The van der Waals surface area contributed by atoms with Gasteiger partial charge in [0.15, 0.2) is 0 Å². The molecule has 0 atom stereocenters. The molecule has 0 fully saturated rings. The Morgan fingerprint density at radius 1 is 1.58 bits per heavy atom. The van der Waals surface area contributed by atoms with Crippen molar-refractivity contribution in [1.29, 1.82) is 0 Å². The van der Waals surface area contributed by atoms with Crippen LogP contribution < -0.4 is 5.32 Å². The minimum atomic E-state index is -0.828. The molecule has 0 aromatic carbocycles. The normalized spacial score (nSPS) is 11.6. The number of hydrogen-bond donors (Lipinski definition) is 2. The standard InChI is InChI=1S/C8H17NO3/c1-8(2,12-3)4-5-9-6-7(10)11/h9H,4-6H2,1-3H3,(H,10,11). The number of rotatable bonds is 6. The fourth-order valence-corrected chi connectivity index (χ4v) is 0.687. The van der Waals surface area contributed by atoms with Gasteiger partial charge < -0.3 is 15.2 Å². The van der Waals surface area contributed by atoms with Crippen LogP contribution in [0.15, 0.2) is 0 Å². The Hall–Kier alpha value is -0.610. The lowest BCUT2D eigenvalue weighted by Gasteiger charge is -2.22. The number of aliphatic carboxylic acids is 1. The zero-order chi connectivity index (χ0) is 9.61. The van der Waals surface area contributed by atoms with Crippen LogP contribution in [0.4, 0.5) is 0 Å². The average Bonchev–Trinajstić information content (AvgIpc) is 1.98. The third-order valence-corrected chi connectivity index (χ3v) is 1.73. The molecular formula is C8H17NO3. The van der Waals surface area contributed by atoms with E-state index in [0.29, 0.717) is 6.54 Å². The van der Waals surface area contributed by atoms with Gasteiger partial charge in [-0.1, -0.05) is 0 Å². The second-order valence-electron chi connectivity index (χ2n) is 3.28. The van der Waals surface area contributed by atoms with E-state index in [4.69, 9.17) is 9.84 Å². The predicted molar refractivity (Wildman–Crippen MR) is 46.2 cm³/mol. The molecule has 0 saturated carbocycles. The first-order valence-electron chi connectivity index (χ1n) is 3.95. The largest absolute Gasteiger partial charge is 0.480 e. The summed E-state index contributed by atoms with van der Waals surface area (Å²) in [6.07, 6.45) is 0.802. The summed E-state index contributed by atoms with van der Waals surface area (Å²) in [5.74, 6) is -0.828. The van der Waals surface area contributed by atoms with Gasteiger partial charge in [-0.2, -0.15) is 0 Å². The van der Waals surface area contributed by atoms with Gasteiger partial charge in [0.25, 0.3) is 0 Å². The molecule has 0 spiro atoms. The Bertz CT molecular complexity index is 145. The van der Waals surface area contributed by atoms with Crippen LogP contribution >= 0.6 is 0 Å². The maximum absolute atomic E-state index is 10.1. The van der Waals surface area contributed by atoms with Crippen molar-refractivity contribution in [3.63, 3.8) is 0 Å². The number of hydrogen-bond acceptors (Lipinski definition) is 3. The lowest BCUT2D eigenvalue weighted by Crippen LogP contribution is -2.31. The lowest BCUT2D eigenvalue weighted by atomic mass is 10.1. The van der Waals surface area contributed by atoms with Crippen molar-refractivity contribution in [2.45, 2.75) is 25.9 Å². The highest BCUT2D eigenvalue weighted by Gasteiger charge is 2.14. The second-order valence-corrected chi connectivity index (χ2v) is 3.28. The summed E-state index contributed by atoms with van der Waals surface area (Å²) in [7, 11) is 1.65. The van der Waals surface area contributed by atoms with Crippen LogP contribution in [0.2, 0.25) is 0 Å². The monoisotopic (exact) mass is 175 g/mol. The maximum atomic E-state index is 10.1. The van der Waals surface area contributed by atoms with E-state index < -0.39 is 5.97 Å². The zero-order valence-electron chi connectivity index (χ0n) is 7.89. The Morgan fingerprint density at radius 2 is 2.17 bits per heavy atom. The van der Waals surface area contributed by atoms with Crippen molar-refractivity contribution in [2.24, 2.45) is 0 Å². The van der Waals surface area contributed by atoms with Gasteiger partial charge in [-0.25, -0.2) is 0 Å². The van der Waals surface area contributed by atoms with E-state index in [1.807, 2.05) is 13.8 Å². The number of carboxylic acid groups (broad SMARTS) is 1. The van der Waals surface area contributed by atoms with Crippen molar-refractivity contribution < 1.29 is 14.6 Å². The van der Waals surface area contributed by atoms with Crippen molar-refractivity contribution in [3.8, 4) is 0 Å². The summed E-state index contributed by atoms with van der Waals surface area (Å²) in [5, 5.41) is 11.1. The first kappa shape index (κ1) is 11.4. The molecule has 0 bridgehead atoms. The minimum absolute atomic E-state index is 0.0137. The fraction of sp³-hybridized carbons (Fsp3) is 0.875. The van der Waals surface area contributed by atoms with Crippen LogP contribution in [0.1, 0.15) is 20.3 Å². The summed E-state index contributed by atoms with van der Waals surface area (Å²) in [6.45, 7) is 4.61. The second kappa shape index (κ2) is 5.11. The van der Waals surface area contributed by atoms with Gasteiger partial charge in [-0.05, 0) is 26.8 Å². The van der Waals surface area contributed by atoms with Gasteiger partial charge in [-0.15, -0.1) is 0 Å². The lowest BCUT2D eigenvalue weighted by molar-refractivity contribution is -0.136. The van der Waals surface area contributed by atoms with Gasteiger partial charge in [-0.3, -0.25) is 4.79 Å². The first-order chi connectivity index (χ1) is 5.48. The molecule has 0 heterocycles. The highest BCUT2D eigenvalue weighted by atomic mass is 16.5. The molecule has 0 aromatic heterocycles. The Morgan fingerprint density at radius 3 is 2.58 bits per heavy atom. The molecule has 72 valence electrons. The summed E-state index contributed by atoms with van der Waals surface area (Å²) >= 11 is 0. The number of methoxy groups -OCH3 is 1. The molecule has 0 unspecified atom stereocenters. The maximum Gasteiger partial charge on any atom is 0.317 e. The smallest absolute Gasteiger partial charge is 0.317 e. The molecular weight excluding hydrogens is 158 g/mol. The third kappa shape index (κ3) is 6.12. The number of nitrogens with one attached hydrogen (secondary N) is 1. The van der Waals surface area contributed by atoms with E-state index >= 15 is 0 Å². The minimum Gasteiger partial charge on any atom is -0.480 e. The fourth-order valence-electron chi connectivity index (χ4n) is 0.687. The zero-order valence-corrected chi connectivity index (χ0v) is 7.89. The summed E-state index contributed by atoms with van der Waals surface area (Å²) in [6, 6.07) is 0. The van der Waals surface area contributed by atoms with Crippen LogP contribution in [0.5, 0.6) is 0 Å². The van der Waals surface area contributed by atoms with Gasteiger partial charge in [0, 0.05) is 7.11 Å². The number of carbonyl (C=O) groups is 1. The van der Waals surface area contributed by atoms with Crippen LogP contribution in [0, 0.1) is 0 Å². The molecule has 2 N–H and O–H groups in total. The van der Waals surface area contributed by atoms with Gasteiger partial charge in [0.1, 0.15) is 0 Å². The van der Waals surface area contributed by atoms with E-state index in [1.165, 1.54) is 0 Å². The van der Waals surface area contributed by atoms with E-state index in [2.05, 4.69) is 5.32 Å². The van der Waals surface area contributed by atoms with E-state index in [9.17, 15) is 4.79 Å². The van der Waals surface area contributed by atoms with Crippen LogP contribution in [-0.4, -0.2) is 36.9 Å². The van der Waals surface area contributed by atoms with Crippen molar-refractivity contribution in [3.05, 3.63) is 0 Å². The van der Waals surface area contributed by atoms with Gasteiger partial charge in [0.2, 0.25) is 0 Å². The molecule has 0 aromatic rings. The molecule has 4 heteroatoms. The molecule has 0 aliphatic rings. The SMILES string of the molecule is COC(C)(C)CCNCC(=O)O. The van der Waals surface area contributed by atoms with E-state index in [-0.39, 0.29) is 12.1 Å². The highest BCUT2D eigenvalue weighted by molar-refractivity contribution is 5.68. The molecule has 0 aliphatic heterocycles. The Labute approximate surface area is 72.9 Å². The van der Waals surface area contributed by atoms with Crippen LogP contribution in [0.3, 0.4) is 0 Å². The molecule has 0 rings (SSSR count). The summed E-state index contributed by atoms with van der Waals surface area (Å²) in [5.41, 5.74) is -0.175. The van der Waals surface area contributed by atoms with Crippen LogP contribution in [0.25, 0.3) is 0 Å². The summed E-state index contributed by atoms with van der Waals surface area (Å²) in [4.78, 5) is 10.1. The molecule has 4 nitrogen and oxygen atoms in total. The molecule has 0 saturated heterocycles. The van der Waals surface area contributed by atoms with Crippen LogP contribution in [-0.2, 0) is 9.53 Å². The van der Waals surface area contributed by atoms with E-state index in [1.54, 1.807) is 7.11 Å². The van der Waals surface area contributed by atoms with Gasteiger partial charge >= 0.3 is 5.97 Å². The van der Waals surface area contributed by atoms with Crippen molar-refractivity contribution >= 4 is 5.97 Å². The molecule has 0 aliphatic carbocycles. The van der Waals surface area contributed by atoms with Gasteiger partial charge in [0.05, 0.1) is 12.1 Å².